The Hall–Kier alpha value is -2.40. The third kappa shape index (κ3) is 3.82. The van der Waals surface area contributed by atoms with Gasteiger partial charge in [-0.1, -0.05) is 38.5 Å². The molecular formula is C20H22N2O2S. The number of aryl methyl sites for hydroxylation is 1. The van der Waals surface area contributed by atoms with Crippen LogP contribution in [0.4, 0.5) is 5.82 Å². The predicted molar refractivity (Wildman–Crippen MR) is 104 cm³/mol. The fraction of sp³-hybridized carbons (Fsp3) is 0.300. The van der Waals surface area contributed by atoms with Crippen molar-refractivity contribution in [3.05, 3.63) is 53.0 Å². The molecule has 25 heavy (non-hydrogen) atoms. The molecule has 5 heteroatoms. The molecule has 0 fully saturated rings. The molecule has 130 valence electrons. The Morgan fingerprint density at radius 1 is 1.16 bits per heavy atom. The minimum absolute atomic E-state index is 0.121. The predicted octanol–water partition coefficient (Wildman–Crippen LogP) is 5.29. The van der Waals surface area contributed by atoms with E-state index in [0.29, 0.717) is 18.2 Å². The fourth-order valence-corrected chi connectivity index (χ4v) is 3.90. The number of nitrogens with one attached hydrogen (secondary N) is 1. The lowest BCUT2D eigenvalue weighted by Gasteiger charge is -2.11. The number of thiophene rings is 1. The highest BCUT2D eigenvalue weighted by atomic mass is 32.1. The number of aromatic nitrogens is 1. The molecule has 0 aliphatic carbocycles. The molecule has 0 saturated heterocycles. The SMILES string of the molecule is CCCOc1cccnc1NC(=O)c1sc2ccccc2c1CCC. The van der Waals surface area contributed by atoms with E-state index in [1.165, 1.54) is 16.7 Å². The summed E-state index contributed by atoms with van der Waals surface area (Å²) in [6.45, 7) is 4.77. The Morgan fingerprint density at radius 2 is 2.00 bits per heavy atom. The summed E-state index contributed by atoms with van der Waals surface area (Å²) in [7, 11) is 0. The fourth-order valence-electron chi connectivity index (χ4n) is 2.76. The zero-order valence-corrected chi connectivity index (χ0v) is 15.4. The van der Waals surface area contributed by atoms with E-state index in [2.05, 4.69) is 29.4 Å². The summed E-state index contributed by atoms with van der Waals surface area (Å²) in [5.74, 6) is 0.960. The van der Waals surface area contributed by atoms with Gasteiger partial charge in [0.2, 0.25) is 0 Å². The number of nitrogens with zero attached hydrogens (tertiary/aromatic N) is 1. The average Bonchev–Trinajstić information content (AvgIpc) is 3.00. The van der Waals surface area contributed by atoms with Crippen LogP contribution in [0, 0.1) is 0 Å². The van der Waals surface area contributed by atoms with Crippen LogP contribution in [0.5, 0.6) is 5.75 Å². The lowest BCUT2D eigenvalue weighted by Crippen LogP contribution is -2.14. The van der Waals surface area contributed by atoms with Gasteiger partial charge in [-0.25, -0.2) is 4.98 Å². The maximum atomic E-state index is 12.9. The van der Waals surface area contributed by atoms with Crippen molar-refractivity contribution in [2.75, 3.05) is 11.9 Å². The monoisotopic (exact) mass is 354 g/mol. The number of ether oxygens (including phenoxy) is 1. The zero-order chi connectivity index (χ0) is 17.6. The molecule has 1 amide bonds. The molecule has 2 aromatic heterocycles. The van der Waals surface area contributed by atoms with Gasteiger partial charge in [-0.3, -0.25) is 4.79 Å². The second kappa shape index (κ2) is 8.12. The Bertz CT molecular complexity index is 873. The standard InChI is InChI=1S/C20H22N2O2S/c1-3-8-15-14-9-5-6-11-17(14)25-18(15)20(23)22-19-16(24-13-4-2)10-7-12-21-19/h5-7,9-12H,3-4,8,13H2,1-2H3,(H,21,22,23). The first kappa shape index (κ1) is 17.4. The van der Waals surface area contributed by atoms with Gasteiger partial charge in [0.05, 0.1) is 11.5 Å². The second-order valence-corrected chi connectivity index (χ2v) is 6.86. The highest BCUT2D eigenvalue weighted by Crippen LogP contribution is 2.33. The first-order chi connectivity index (χ1) is 12.2. The van der Waals surface area contributed by atoms with Crippen LogP contribution in [0.15, 0.2) is 42.6 Å². The van der Waals surface area contributed by atoms with E-state index in [0.717, 1.165) is 34.4 Å². The summed E-state index contributed by atoms with van der Waals surface area (Å²) in [5.41, 5.74) is 1.12. The highest BCUT2D eigenvalue weighted by Gasteiger charge is 2.19. The first-order valence-corrected chi connectivity index (χ1v) is 9.45. The van der Waals surface area contributed by atoms with Crippen molar-refractivity contribution < 1.29 is 9.53 Å². The van der Waals surface area contributed by atoms with Crippen LogP contribution in [0.3, 0.4) is 0 Å². The second-order valence-electron chi connectivity index (χ2n) is 5.81. The number of hydrogen-bond acceptors (Lipinski definition) is 4. The van der Waals surface area contributed by atoms with Gasteiger partial charge in [-0.05, 0) is 42.0 Å². The van der Waals surface area contributed by atoms with Gasteiger partial charge in [0.25, 0.3) is 5.91 Å². The molecule has 3 aromatic rings. The number of amides is 1. The van der Waals surface area contributed by atoms with E-state index in [1.54, 1.807) is 6.20 Å². The molecule has 0 aliphatic heterocycles. The third-order valence-corrected chi connectivity index (χ3v) is 5.08. The van der Waals surface area contributed by atoms with Crippen molar-refractivity contribution in [2.45, 2.75) is 33.1 Å². The molecule has 0 bridgehead atoms. The minimum atomic E-state index is -0.121. The Labute approximate surface area is 151 Å². The van der Waals surface area contributed by atoms with Crippen LogP contribution in [-0.4, -0.2) is 17.5 Å². The van der Waals surface area contributed by atoms with E-state index in [4.69, 9.17) is 4.74 Å². The van der Waals surface area contributed by atoms with Crippen molar-refractivity contribution in [2.24, 2.45) is 0 Å². The molecule has 0 unspecified atom stereocenters. The topological polar surface area (TPSA) is 51.2 Å². The summed E-state index contributed by atoms with van der Waals surface area (Å²) >= 11 is 1.53. The van der Waals surface area contributed by atoms with E-state index < -0.39 is 0 Å². The number of pyridine rings is 1. The average molecular weight is 354 g/mol. The first-order valence-electron chi connectivity index (χ1n) is 8.64. The molecule has 0 saturated carbocycles. The molecule has 1 N–H and O–H groups in total. The van der Waals surface area contributed by atoms with Crippen LogP contribution < -0.4 is 10.1 Å². The van der Waals surface area contributed by atoms with E-state index in [9.17, 15) is 4.79 Å². The lowest BCUT2D eigenvalue weighted by molar-refractivity contribution is 0.102. The van der Waals surface area contributed by atoms with Crippen LogP contribution in [-0.2, 0) is 6.42 Å². The van der Waals surface area contributed by atoms with Crippen molar-refractivity contribution in [1.82, 2.24) is 4.98 Å². The Balaban J connectivity index is 1.92. The van der Waals surface area contributed by atoms with Gasteiger partial charge in [0.15, 0.2) is 11.6 Å². The van der Waals surface area contributed by atoms with Crippen LogP contribution in [0.2, 0.25) is 0 Å². The molecule has 1 aromatic carbocycles. The molecule has 0 atom stereocenters. The number of rotatable bonds is 7. The molecule has 0 radical (unpaired) electrons. The van der Waals surface area contributed by atoms with Gasteiger partial charge in [0.1, 0.15) is 0 Å². The Morgan fingerprint density at radius 3 is 2.80 bits per heavy atom. The minimum Gasteiger partial charge on any atom is -0.490 e. The van der Waals surface area contributed by atoms with Crippen molar-refractivity contribution in [3.63, 3.8) is 0 Å². The van der Waals surface area contributed by atoms with E-state index >= 15 is 0 Å². The third-order valence-electron chi connectivity index (χ3n) is 3.87. The number of hydrogen-bond donors (Lipinski definition) is 1. The molecule has 4 nitrogen and oxygen atoms in total. The zero-order valence-electron chi connectivity index (χ0n) is 14.5. The Kier molecular flexibility index (Phi) is 5.66. The van der Waals surface area contributed by atoms with Crippen molar-refractivity contribution in [1.29, 1.82) is 0 Å². The summed E-state index contributed by atoms with van der Waals surface area (Å²) in [6, 6.07) is 11.8. The van der Waals surface area contributed by atoms with E-state index in [-0.39, 0.29) is 5.91 Å². The normalized spacial score (nSPS) is 10.8. The summed E-state index contributed by atoms with van der Waals surface area (Å²) < 4.78 is 6.82. The van der Waals surface area contributed by atoms with Gasteiger partial charge in [-0.15, -0.1) is 11.3 Å². The van der Waals surface area contributed by atoms with Crippen molar-refractivity contribution in [3.8, 4) is 5.75 Å². The number of carbonyl (C=O) groups is 1. The van der Waals surface area contributed by atoms with Crippen LogP contribution in [0.25, 0.3) is 10.1 Å². The molecule has 0 aliphatic rings. The summed E-state index contributed by atoms with van der Waals surface area (Å²) in [6.07, 6.45) is 4.44. The molecular weight excluding hydrogens is 332 g/mol. The number of fused-ring (bicyclic) bond motifs is 1. The van der Waals surface area contributed by atoms with Gasteiger partial charge in [-0.2, -0.15) is 0 Å². The van der Waals surface area contributed by atoms with Crippen LogP contribution >= 0.6 is 11.3 Å². The van der Waals surface area contributed by atoms with Gasteiger partial charge in [0, 0.05) is 10.9 Å². The number of carbonyl (C=O) groups excluding carboxylic acids is 1. The maximum Gasteiger partial charge on any atom is 0.267 e. The maximum absolute atomic E-state index is 12.9. The smallest absolute Gasteiger partial charge is 0.267 e. The summed E-state index contributed by atoms with van der Waals surface area (Å²) in [5, 5.41) is 4.10. The molecule has 0 spiro atoms. The molecule has 3 rings (SSSR count). The lowest BCUT2D eigenvalue weighted by atomic mass is 10.1. The number of anilines is 1. The van der Waals surface area contributed by atoms with E-state index in [1.807, 2.05) is 31.2 Å². The molecule has 2 heterocycles. The van der Waals surface area contributed by atoms with Crippen LogP contribution in [0.1, 0.15) is 41.9 Å². The summed E-state index contributed by atoms with van der Waals surface area (Å²) in [4.78, 5) is 17.9. The van der Waals surface area contributed by atoms with Crippen molar-refractivity contribution >= 4 is 33.1 Å². The largest absolute Gasteiger partial charge is 0.490 e. The van der Waals surface area contributed by atoms with Gasteiger partial charge < -0.3 is 10.1 Å². The highest BCUT2D eigenvalue weighted by molar-refractivity contribution is 7.21. The van der Waals surface area contributed by atoms with Gasteiger partial charge >= 0.3 is 0 Å². The number of benzene rings is 1. The quantitative estimate of drug-likeness (QED) is 0.627.